The van der Waals surface area contributed by atoms with Gasteiger partial charge in [-0.1, -0.05) is 12.8 Å². The van der Waals surface area contributed by atoms with Crippen LogP contribution < -0.4 is 5.73 Å². The number of rotatable bonds is 3. The molecule has 0 aromatic rings. The van der Waals surface area contributed by atoms with Crippen molar-refractivity contribution in [3.05, 3.63) is 0 Å². The molecule has 4 aliphatic rings. The van der Waals surface area contributed by atoms with E-state index in [4.69, 9.17) is 5.73 Å². The SMILES string of the molecule is NC(=O)C1CCN(CC2CC3CCC2CC3)C1. The molecule has 4 rings (SSSR count). The molecule has 0 radical (unpaired) electrons. The second-order valence-corrected chi connectivity index (χ2v) is 6.42. The van der Waals surface area contributed by atoms with Crippen molar-refractivity contribution in [1.82, 2.24) is 4.90 Å². The molecule has 1 heterocycles. The van der Waals surface area contributed by atoms with E-state index in [0.717, 1.165) is 37.3 Å². The zero-order valence-corrected chi connectivity index (χ0v) is 10.6. The second kappa shape index (κ2) is 4.60. The number of amides is 1. The molecule has 3 heteroatoms. The Balaban J connectivity index is 1.53. The van der Waals surface area contributed by atoms with Crippen molar-refractivity contribution in [3.8, 4) is 0 Å². The lowest BCUT2D eigenvalue weighted by Crippen LogP contribution is -2.39. The van der Waals surface area contributed by atoms with Crippen molar-refractivity contribution >= 4 is 5.91 Å². The highest BCUT2D eigenvalue weighted by atomic mass is 16.1. The van der Waals surface area contributed by atoms with Crippen molar-refractivity contribution in [1.29, 1.82) is 0 Å². The van der Waals surface area contributed by atoms with Crippen LogP contribution in [-0.4, -0.2) is 30.4 Å². The van der Waals surface area contributed by atoms with E-state index in [1.807, 2.05) is 0 Å². The summed E-state index contributed by atoms with van der Waals surface area (Å²) in [5.41, 5.74) is 5.39. The highest BCUT2D eigenvalue weighted by Crippen LogP contribution is 2.45. The summed E-state index contributed by atoms with van der Waals surface area (Å²) in [6.07, 6.45) is 8.31. The average molecular weight is 236 g/mol. The van der Waals surface area contributed by atoms with Gasteiger partial charge in [-0.15, -0.1) is 0 Å². The Labute approximate surface area is 104 Å². The van der Waals surface area contributed by atoms with Crippen LogP contribution in [0.2, 0.25) is 0 Å². The van der Waals surface area contributed by atoms with Gasteiger partial charge in [0.1, 0.15) is 0 Å². The highest BCUT2D eigenvalue weighted by Gasteiger charge is 2.37. The van der Waals surface area contributed by atoms with Crippen molar-refractivity contribution < 1.29 is 4.79 Å². The number of nitrogens with zero attached hydrogens (tertiary/aromatic N) is 1. The van der Waals surface area contributed by atoms with Gasteiger partial charge in [0.25, 0.3) is 0 Å². The fourth-order valence-electron chi connectivity index (χ4n) is 4.30. The summed E-state index contributed by atoms with van der Waals surface area (Å²) in [5.74, 6) is 2.93. The smallest absolute Gasteiger partial charge is 0.221 e. The van der Waals surface area contributed by atoms with E-state index in [1.54, 1.807) is 0 Å². The third-order valence-electron chi connectivity index (χ3n) is 5.36. The van der Waals surface area contributed by atoms with Gasteiger partial charge in [0.15, 0.2) is 0 Å². The Hall–Kier alpha value is -0.570. The zero-order valence-electron chi connectivity index (χ0n) is 10.6. The molecule has 17 heavy (non-hydrogen) atoms. The van der Waals surface area contributed by atoms with Crippen LogP contribution in [0.25, 0.3) is 0 Å². The van der Waals surface area contributed by atoms with E-state index in [2.05, 4.69) is 4.90 Å². The van der Waals surface area contributed by atoms with Crippen LogP contribution in [0.5, 0.6) is 0 Å². The van der Waals surface area contributed by atoms with Crippen molar-refractivity contribution in [2.45, 2.75) is 38.5 Å². The standard InChI is InChI=1S/C14H24N2O/c15-14(17)12-5-6-16(8-12)9-13-7-10-1-3-11(13)4-2-10/h10-13H,1-9H2,(H2,15,17). The maximum atomic E-state index is 11.2. The predicted molar refractivity (Wildman–Crippen MR) is 67.3 cm³/mol. The van der Waals surface area contributed by atoms with Crippen LogP contribution in [0.3, 0.4) is 0 Å². The lowest BCUT2D eigenvalue weighted by atomic mass is 9.64. The molecule has 3 nitrogen and oxygen atoms in total. The number of fused-ring (bicyclic) bond motifs is 3. The Morgan fingerprint density at radius 1 is 1.18 bits per heavy atom. The monoisotopic (exact) mass is 236 g/mol. The number of primary amides is 1. The molecule has 3 saturated carbocycles. The molecule has 3 aliphatic carbocycles. The molecule has 1 saturated heterocycles. The Bertz CT molecular complexity index is 297. The van der Waals surface area contributed by atoms with E-state index in [9.17, 15) is 4.79 Å². The minimum absolute atomic E-state index is 0.0994. The van der Waals surface area contributed by atoms with Gasteiger partial charge in [0, 0.05) is 13.1 Å². The largest absolute Gasteiger partial charge is 0.369 e. The molecule has 0 spiro atoms. The van der Waals surface area contributed by atoms with Crippen molar-refractivity contribution in [3.63, 3.8) is 0 Å². The third kappa shape index (κ3) is 2.35. The maximum absolute atomic E-state index is 11.2. The summed E-state index contributed by atoms with van der Waals surface area (Å²) >= 11 is 0. The van der Waals surface area contributed by atoms with E-state index >= 15 is 0 Å². The predicted octanol–water partition coefficient (Wildman–Crippen LogP) is 1.62. The van der Waals surface area contributed by atoms with E-state index in [-0.39, 0.29) is 11.8 Å². The first-order valence-corrected chi connectivity index (χ1v) is 7.24. The number of carbonyl (C=O) groups is 1. The molecule has 0 aromatic carbocycles. The number of hydrogen-bond acceptors (Lipinski definition) is 2. The Morgan fingerprint density at radius 2 is 1.94 bits per heavy atom. The van der Waals surface area contributed by atoms with Gasteiger partial charge in [-0.3, -0.25) is 4.79 Å². The summed E-state index contributed by atoms with van der Waals surface area (Å²) in [6.45, 7) is 3.23. The fourth-order valence-corrected chi connectivity index (χ4v) is 4.30. The summed E-state index contributed by atoms with van der Waals surface area (Å²) in [5, 5.41) is 0. The average Bonchev–Trinajstić information content (AvgIpc) is 2.79. The van der Waals surface area contributed by atoms with Crippen molar-refractivity contribution in [2.75, 3.05) is 19.6 Å². The number of nitrogens with two attached hydrogens (primary N) is 1. The molecule has 2 atom stereocenters. The topological polar surface area (TPSA) is 46.3 Å². The van der Waals surface area contributed by atoms with Crippen LogP contribution in [0, 0.1) is 23.7 Å². The second-order valence-electron chi connectivity index (χ2n) is 6.42. The minimum Gasteiger partial charge on any atom is -0.369 e. The molecule has 96 valence electrons. The first-order chi connectivity index (χ1) is 8.22. The fraction of sp³-hybridized carbons (Fsp3) is 0.929. The first kappa shape index (κ1) is 11.5. The summed E-state index contributed by atoms with van der Waals surface area (Å²) < 4.78 is 0. The normalized spacial score (nSPS) is 41.9. The maximum Gasteiger partial charge on any atom is 0.221 e. The summed E-state index contributed by atoms with van der Waals surface area (Å²) in [6, 6.07) is 0. The molecular weight excluding hydrogens is 212 g/mol. The third-order valence-corrected chi connectivity index (χ3v) is 5.36. The number of carbonyl (C=O) groups excluding carboxylic acids is 1. The highest BCUT2D eigenvalue weighted by molar-refractivity contribution is 5.77. The van der Waals surface area contributed by atoms with Crippen LogP contribution in [0.15, 0.2) is 0 Å². The van der Waals surface area contributed by atoms with Crippen LogP contribution >= 0.6 is 0 Å². The van der Waals surface area contributed by atoms with E-state index < -0.39 is 0 Å². The molecule has 2 N–H and O–H groups in total. The molecule has 0 aromatic heterocycles. The molecular formula is C14H24N2O. The van der Waals surface area contributed by atoms with E-state index in [1.165, 1.54) is 38.6 Å². The van der Waals surface area contributed by atoms with Gasteiger partial charge in [0.05, 0.1) is 5.92 Å². The van der Waals surface area contributed by atoms with Crippen molar-refractivity contribution in [2.24, 2.45) is 29.4 Å². The Kier molecular flexibility index (Phi) is 3.12. The lowest BCUT2D eigenvalue weighted by molar-refractivity contribution is -0.121. The Morgan fingerprint density at radius 3 is 2.47 bits per heavy atom. The van der Waals surface area contributed by atoms with Gasteiger partial charge >= 0.3 is 0 Å². The number of hydrogen-bond donors (Lipinski definition) is 1. The van der Waals surface area contributed by atoms with Crippen LogP contribution in [-0.2, 0) is 4.79 Å². The lowest BCUT2D eigenvalue weighted by Gasteiger charge is -2.43. The molecule has 2 bridgehead atoms. The summed E-state index contributed by atoms with van der Waals surface area (Å²) in [4.78, 5) is 13.6. The molecule has 2 unspecified atom stereocenters. The zero-order chi connectivity index (χ0) is 11.8. The molecule has 4 fully saturated rings. The van der Waals surface area contributed by atoms with Crippen LogP contribution in [0.4, 0.5) is 0 Å². The van der Waals surface area contributed by atoms with Gasteiger partial charge in [-0.2, -0.15) is 0 Å². The number of likely N-dealkylation sites (tertiary alicyclic amines) is 1. The quantitative estimate of drug-likeness (QED) is 0.809. The minimum atomic E-state index is -0.0994. The van der Waals surface area contributed by atoms with Gasteiger partial charge in [-0.05, 0) is 50.0 Å². The molecule has 1 aliphatic heterocycles. The van der Waals surface area contributed by atoms with Gasteiger partial charge in [-0.25, -0.2) is 0 Å². The van der Waals surface area contributed by atoms with Gasteiger partial charge in [0.2, 0.25) is 5.91 Å². The van der Waals surface area contributed by atoms with Gasteiger partial charge < -0.3 is 10.6 Å². The summed E-state index contributed by atoms with van der Waals surface area (Å²) in [7, 11) is 0. The first-order valence-electron chi connectivity index (χ1n) is 7.24. The molecule has 1 amide bonds. The van der Waals surface area contributed by atoms with E-state index in [0.29, 0.717) is 0 Å². The van der Waals surface area contributed by atoms with Crippen LogP contribution in [0.1, 0.15) is 38.5 Å².